The summed E-state index contributed by atoms with van der Waals surface area (Å²) in [5.41, 5.74) is 0.356. The fourth-order valence-electron chi connectivity index (χ4n) is 2.83. The number of nitrogens with one attached hydrogen (secondary N) is 1. The minimum absolute atomic E-state index is 0.0272. The lowest BCUT2D eigenvalue weighted by molar-refractivity contribution is -0.384. The Kier molecular flexibility index (Phi) is 5.50. The highest BCUT2D eigenvalue weighted by Crippen LogP contribution is 2.29. The van der Waals surface area contributed by atoms with Gasteiger partial charge < -0.3 is 10.2 Å². The molecule has 1 heterocycles. The Morgan fingerprint density at radius 1 is 1.48 bits per heavy atom. The number of halogens is 1. The van der Waals surface area contributed by atoms with Crippen LogP contribution in [0.5, 0.6) is 0 Å². The van der Waals surface area contributed by atoms with Crippen molar-refractivity contribution in [2.24, 2.45) is 0 Å². The van der Waals surface area contributed by atoms with Crippen LogP contribution in [0.2, 0.25) is 0 Å². The number of piperidine rings is 1. The van der Waals surface area contributed by atoms with Crippen LogP contribution in [0, 0.1) is 15.9 Å². The number of anilines is 1. The summed E-state index contributed by atoms with van der Waals surface area (Å²) >= 11 is 0. The standard InChI is InChI=1S/C15H22FN3O2/c1-2-9-18(11-13-5-3-4-8-17-13)15-10-12(16)6-7-14(15)19(20)21/h6-7,10,13,17H,2-5,8-9,11H2,1H3. The van der Waals surface area contributed by atoms with E-state index in [-0.39, 0.29) is 5.69 Å². The first-order valence-electron chi connectivity index (χ1n) is 7.54. The second kappa shape index (κ2) is 7.36. The summed E-state index contributed by atoms with van der Waals surface area (Å²) < 4.78 is 13.5. The van der Waals surface area contributed by atoms with Gasteiger partial charge in [-0.3, -0.25) is 10.1 Å². The highest BCUT2D eigenvalue weighted by molar-refractivity contribution is 5.63. The Morgan fingerprint density at radius 2 is 2.29 bits per heavy atom. The zero-order valence-corrected chi connectivity index (χ0v) is 12.3. The first kappa shape index (κ1) is 15.7. The monoisotopic (exact) mass is 295 g/mol. The van der Waals surface area contributed by atoms with Gasteiger partial charge in [-0.05, 0) is 31.9 Å². The average Bonchev–Trinajstić information content (AvgIpc) is 2.47. The lowest BCUT2D eigenvalue weighted by Gasteiger charge is -2.31. The number of hydrogen-bond donors (Lipinski definition) is 1. The molecule has 1 aromatic rings. The van der Waals surface area contributed by atoms with E-state index in [9.17, 15) is 14.5 Å². The maximum absolute atomic E-state index is 13.5. The maximum Gasteiger partial charge on any atom is 0.292 e. The largest absolute Gasteiger partial charge is 0.364 e. The minimum atomic E-state index is -0.439. The fourth-order valence-corrected chi connectivity index (χ4v) is 2.83. The summed E-state index contributed by atoms with van der Waals surface area (Å²) in [6.07, 6.45) is 4.26. The molecule has 1 atom stereocenters. The quantitative estimate of drug-likeness (QED) is 0.647. The van der Waals surface area contributed by atoms with Crippen LogP contribution < -0.4 is 10.2 Å². The average molecular weight is 295 g/mol. The van der Waals surface area contributed by atoms with Gasteiger partial charge >= 0.3 is 0 Å². The highest BCUT2D eigenvalue weighted by atomic mass is 19.1. The first-order valence-corrected chi connectivity index (χ1v) is 7.54. The summed E-state index contributed by atoms with van der Waals surface area (Å²) in [4.78, 5) is 12.7. The van der Waals surface area contributed by atoms with E-state index in [0.29, 0.717) is 24.8 Å². The van der Waals surface area contributed by atoms with Crippen LogP contribution in [0.25, 0.3) is 0 Å². The molecule has 1 N–H and O–H groups in total. The molecule has 2 rings (SSSR count). The number of nitro groups is 1. The Balaban J connectivity index is 2.23. The third-order valence-corrected chi connectivity index (χ3v) is 3.82. The Bertz CT molecular complexity index is 490. The van der Waals surface area contributed by atoms with Gasteiger partial charge in [-0.1, -0.05) is 13.3 Å². The van der Waals surface area contributed by atoms with Crippen molar-refractivity contribution >= 4 is 11.4 Å². The first-order chi connectivity index (χ1) is 10.1. The number of benzene rings is 1. The number of rotatable bonds is 6. The SMILES string of the molecule is CCCN(CC1CCCCN1)c1cc(F)ccc1[N+](=O)[O-]. The predicted molar refractivity (Wildman–Crippen MR) is 81.2 cm³/mol. The van der Waals surface area contributed by atoms with E-state index in [4.69, 9.17) is 0 Å². The van der Waals surface area contributed by atoms with Crippen molar-refractivity contribution in [3.63, 3.8) is 0 Å². The van der Waals surface area contributed by atoms with Crippen LogP contribution in [-0.2, 0) is 0 Å². The van der Waals surface area contributed by atoms with E-state index in [0.717, 1.165) is 25.5 Å². The lowest BCUT2D eigenvalue weighted by atomic mass is 10.0. The van der Waals surface area contributed by atoms with Crippen LogP contribution in [0.15, 0.2) is 18.2 Å². The van der Waals surface area contributed by atoms with Gasteiger partial charge in [0, 0.05) is 31.3 Å². The van der Waals surface area contributed by atoms with Crippen LogP contribution in [-0.4, -0.2) is 30.6 Å². The molecule has 1 aliphatic rings. The van der Waals surface area contributed by atoms with E-state index < -0.39 is 10.7 Å². The van der Waals surface area contributed by atoms with Crippen molar-refractivity contribution < 1.29 is 9.31 Å². The molecule has 0 aliphatic carbocycles. The molecule has 0 aromatic heterocycles. The van der Waals surface area contributed by atoms with Crippen molar-refractivity contribution in [3.05, 3.63) is 34.1 Å². The van der Waals surface area contributed by atoms with Gasteiger partial charge in [0.25, 0.3) is 5.69 Å². The molecule has 21 heavy (non-hydrogen) atoms. The third-order valence-electron chi connectivity index (χ3n) is 3.82. The second-order valence-electron chi connectivity index (χ2n) is 5.48. The van der Waals surface area contributed by atoms with Gasteiger partial charge in [-0.25, -0.2) is 4.39 Å². The molecule has 0 radical (unpaired) electrons. The smallest absolute Gasteiger partial charge is 0.292 e. The van der Waals surface area contributed by atoms with Gasteiger partial charge in [0.05, 0.1) is 4.92 Å². The predicted octanol–water partition coefficient (Wildman–Crippen LogP) is 3.09. The van der Waals surface area contributed by atoms with E-state index in [1.807, 2.05) is 11.8 Å². The molecular weight excluding hydrogens is 273 g/mol. The molecule has 1 aliphatic heterocycles. The molecule has 1 fully saturated rings. The second-order valence-corrected chi connectivity index (χ2v) is 5.48. The molecule has 1 saturated heterocycles. The molecule has 1 aromatic carbocycles. The zero-order chi connectivity index (χ0) is 15.2. The van der Waals surface area contributed by atoms with Crippen molar-refractivity contribution in [3.8, 4) is 0 Å². The Hall–Kier alpha value is -1.69. The highest BCUT2D eigenvalue weighted by Gasteiger charge is 2.23. The molecule has 0 saturated carbocycles. The van der Waals surface area contributed by atoms with Crippen molar-refractivity contribution in [1.29, 1.82) is 0 Å². The number of hydrogen-bond acceptors (Lipinski definition) is 4. The molecule has 0 amide bonds. The van der Waals surface area contributed by atoms with Crippen LogP contribution in [0.4, 0.5) is 15.8 Å². The third kappa shape index (κ3) is 4.14. The topological polar surface area (TPSA) is 58.4 Å². The molecule has 0 spiro atoms. The summed E-state index contributed by atoms with van der Waals surface area (Å²) in [6.45, 7) is 4.36. The summed E-state index contributed by atoms with van der Waals surface area (Å²) in [5, 5.41) is 14.6. The molecule has 1 unspecified atom stereocenters. The maximum atomic E-state index is 13.5. The van der Waals surface area contributed by atoms with Gasteiger partial charge in [-0.2, -0.15) is 0 Å². The van der Waals surface area contributed by atoms with E-state index >= 15 is 0 Å². The van der Waals surface area contributed by atoms with E-state index in [2.05, 4.69) is 5.32 Å². The molecule has 0 bridgehead atoms. The normalized spacial score (nSPS) is 18.5. The van der Waals surface area contributed by atoms with Crippen LogP contribution >= 0.6 is 0 Å². The van der Waals surface area contributed by atoms with Gasteiger partial charge in [0.2, 0.25) is 0 Å². The fraction of sp³-hybridized carbons (Fsp3) is 0.600. The van der Waals surface area contributed by atoms with Crippen molar-refractivity contribution in [1.82, 2.24) is 5.32 Å². The van der Waals surface area contributed by atoms with Crippen molar-refractivity contribution in [2.75, 3.05) is 24.5 Å². The molecule has 5 nitrogen and oxygen atoms in total. The Morgan fingerprint density at radius 3 is 2.90 bits per heavy atom. The zero-order valence-electron chi connectivity index (χ0n) is 12.3. The van der Waals surface area contributed by atoms with Crippen LogP contribution in [0.3, 0.4) is 0 Å². The number of nitrogens with zero attached hydrogens (tertiary/aromatic N) is 2. The molecule has 116 valence electrons. The van der Waals surface area contributed by atoms with Crippen LogP contribution in [0.1, 0.15) is 32.6 Å². The molecular formula is C15H22FN3O2. The van der Waals surface area contributed by atoms with Gasteiger partial charge in [0.1, 0.15) is 11.5 Å². The lowest BCUT2D eigenvalue weighted by Crippen LogP contribution is -2.44. The Labute approximate surface area is 124 Å². The van der Waals surface area contributed by atoms with Crippen molar-refractivity contribution in [2.45, 2.75) is 38.6 Å². The number of nitro benzene ring substituents is 1. The summed E-state index contributed by atoms with van der Waals surface area (Å²) in [6, 6.07) is 3.98. The summed E-state index contributed by atoms with van der Waals surface area (Å²) in [7, 11) is 0. The summed E-state index contributed by atoms with van der Waals surface area (Å²) in [5.74, 6) is -0.437. The van der Waals surface area contributed by atoms with E-state index in [1.54, 1.807) is 0 Å². The van der Waals surface area contributed by atoms with E-state index in [1.165, 1.54) is 25.0 Å². The van der Waals surface area contributed by atoms with Gasteiger partial charge in [-0.15, -0.1) is 0 Å². The van der Waals surface area contributed by atoms with Gasteiger partial charge in [0.15, 0.2) is 0 Å². The molecule has 6 heteroatoms. The minimum Gasteiger partial charge on any atom is -0.364 e.